The lowest BCUT2D eigenvalue weighted by Gasteiger charge is -2.23. The molecule has 0 radical (unpaired) electrons. The third-order valence-corrected chi connectivity index (χ3v) is 6.68. The fourth-order valence-corrected chi connectivity index (χ4v) is 4.90. The molecule has 1 N–H and O–H groups in total. The standard InChI is InChI=1S/C31H22N4O/c1-20-25-7-2-3-9-28(25)36-35-19-24(14-15-29(35)34-20)21-10-12-22(13-11-21)27-18-23-6-4-16-32-30(23)31-26(27)8-5-17-33-31/h2-16,18-19,33H,1,17H2. The number of amidine groups is 1. The van der Waals surface area contributed by atoms with E-state index in [9.17, 15) is 0 Å². The Bertz CT molecular complexity index is 1680. The van der Waals surface area contributed by atoms with Crippen molar-refractivity contribution in [2.75, 3.05) is 11.9 Å². The first-order valence-electron chi connectivity index (χ1n) is 11.9. The number of hydrogen-bond donors (Lipinski definition) is 1. The summed E-state index contributed by atoms with van der Waals surface area (Å²) in [4.78, 5) is 15.5. The number of benzene rings is 3. The molecule has 3 aliphatic rings. The number of aliphatic imine (C=N–C) groups is 1. The second kappa shape index (κ2) is 8.10. The summed E-state index contributed by atoms with van der Waals surface area (Å²) in [5, 5.41) is 6.36. The summed E-state index contributed by atoms with van der Waals surface area (Å²) >= 11 is 0. The highest BCUT2D eigenvalue weighted by molar-refractivity contribution is 6.03. The molecule has 5 nitrogen and oxygen atoms in total. The van der Waals surface area contributed by atoms with Crippen molar-refractivity contribution in [1.82, 2.24) is 10.0 Å². The van der Waals surface area contributed by atoms with Gasteiger partial charge in [-0.15, -0.1) is 0 Å². The number of para-hydroxylation sites is 1. The first-order chi connectivity index (χ1) is 17.7. The van der Waals surface area contributed by atoms with Gasteiger partial charge < -0.3 is 10.2 Å². The molecule has 7 rings (SSSR count). The van der Waals surface area contributed by atoms with Gasteiger partial charge in [0.25, 0.3) is 0 Å². The third kappa shape index (κ3) is 3.33. The number of nitrogens with zero attached hydrogens (tertiary/aromatic N) is 3. The van der Waals surface area contributed by atoms with Crippen LogP contribution in [-0.4, -0.2) is 22.4 Å². The molecule has 0 atom stereocenters. The van der Waals surface area contributed by atoms with E-state index in [1.807, 2.05) is 48.8 Å². The Balaban J connectivity index is 1.25. The van der Waals surface area contributed by atoms with Crippen LogP contribution in [0.1, 0.15) is 16.7 Å². The molecule has 5 heteroatoms. The Morgan fingerprint density at radius 2 is 1.75 bits per heavy atom. The van der Waals surface area contributed by atoms with Crippen LogP contribution in [-0.2, 0) is 0 Å². The highest BCUT2D eigenvalue weighted by atomic mass is 16.7. The molecule has 1 aromatic heterocycles. The first kappa shape index (κ1) is 20.5. The fourth-order valence-electron chi connectivity index (χ4n) is 4.90. The molecular formula is C31H22N4O. The molecule has 172 valence electrons. The van der Waals surface area contributed by atoms with Gasteiger partial charge in [0.2, 0.25) is 0 Å². The summed E-state index contributed by atoms with van der Waals surface area (Å²) in [6, 6.07) is 22.8. The topological polar surface area (TPSA) is 49.8 Å². The molecule has 0 aliphatic carbocycles. The van der Waals surface area contributed by atoms with Gasteiger partial charge in [-0.1, -0.05) is 61.2 Å². The minimum Gasteiger partial charge on any atom is -0.379 e. The SMILES string of the molecule is C=C1N=C2C=CC(c3ccc(-c4cc5cccnc5c5c4C=CCN5)cc3)=CN2Oc2ccccc21. The molecule has 36 heavy (non-hydrogen) atoms. The van der Waals surface area contributed by atoms with Gasteiger partial charge in [0.05, 0.1) is 23.1 Å². The van der Waals surface area contributed by atoms with Gasteiger partial charge in [-0.2, -0.15) is 5.06 Å². The number of nitrogens with one attached hydrogen (secondary N) is 1. The predicted octanol–water partition coefficient (Wildman–Crippen LogP) is 6.93. The molecule has 4 heterocycles. The molecule has 0 saturated heterocycles. The maximum absolute atomic E-state index is 6.17. The van der Waals surface area contributed by atoms with Crippen LogP contribution in [0.5, 0.6) is 5.75 Å². The number of hydrogen-bond acceptors (Lipinski definition) is 5. The first-order valence-corrected chi connectivity index (χ1v) is 11.9. The summed E-state index contributed by atoms with van der Waals surface area (Å²) in [7, 11) is 0. The number of fused-ring (bicyclic) bond motifs is 5. The van der Waals surface area contributed by atoms with Gasteiger partial charge in [-0.05, 0) is 53.1 Å². The maximum Gasteiger partial charge on any atom is 0.169 e. The van der Waals surface area contributed by atoms with Crippen LogP contribution in [0.2, 0.25) is 0 Å². The van der Waals surface area contributed by atoms with E-state index in [4.69, 9.17) is 4.84 Å². The van der Waals surface area contributed by atoms with E-state index >= 15 is 0 Å². The van der Waals surface area contributed by atoms with E-state index < -0.39 is 0 Å². The molecule has 0 spiro atoms. The molecule has 4 aromatic rings. The number of anilines is 1. The Hall–Kier alpha value is -4.90. The van der Waals surface area contributed by atoms with Gasteiger partial charge >= 0.3 is 0 Å². The van der Waals surface area contributed by atoms with Gasteiger partial charge in [-0.25, -0.2) is 4.99 Å². The van der Waals surface area contributed by atoms with Crippen LogP contribution < -0.4 is 10.2 Å². The molecule has 0 unspecified atom stereocenters. The normalized spacial score (nSPS) is 15.7. The minimum absolute atomic E-state index is 0.686. The molecule has 0 amide bonds. The number of hydroxylamine groups is 2. The monoisotopic (exact) mass is 466 g/mol. The van der Waals surface area contributed by atoms with Crippen LogP contribution in [0.3, 0.4) is 0 Å². The highest BCUT2D eigenvalue weighted by Gasteiger charge is 2.22. The molecular weight excluding hydrogens is 444 g/mol. The zero-order chi connectivity index (χ0) is 24.1. The lowest BCUT2D eigenvalue weighted by molar-refractivity contribution is 0.0742. The lowest BCUT2D eigenvalue weighted by atomic mass is 9.92. The maximum atomic E-state index is 6.17. The average Bonchev–Trinajstić information content (AvgIpc) is 3.08. The Morgan fingerprint density at radius 1 is 0.889 bits per heavy atom. The van der Waals surface area contributed by atoms with Crippen molar-refractivity contribution >= 4 is 39.8 Å². The molecule has 0 fully saturated rings. The van der Waals surface area contributed by atoms with Crippen molar-refractivity contribution in [3.8, 4) is 16.9 Å². The van der Waals surface area contributed by atoms with E-state index in [1.54, 1.807) is 5.06 Å². The zero-order valence-corrected chi connectivity index (χ0v) is 19.5. The molecule has 0 saturated carbocycles. The van der Waals surface area contributed by atoms with Crippen molar-refractivity contribution < 1.29 is 4.84 Å². The Kier molecular flexibility index (Phi) is 4.61. The van der Waals surface area contributed by atoms with Crippen LogP contribution >= 0.6 is 0 Å². The van der Waals surface area contributed by atoms with Crippen LogP contribution in [0.4, 0.5) is 5.69 Å². The van der Waals surface area contributed by atoms with Gasteiger partial charge in [0.15, 0.2) is 11.6 Å². The average molecular weight is 467 g/mol. The second-order valence-electron chi connectivity index (χ2n) is 8.90. The number of pyridine rings is 1. The third-order valence-electron chi connectivity index (χ3n) is 6.68. The summed E-state index contributed by atoms with van der Waals surface area (Å²) in [5.74, 6) is 1.44. The van der Waals surface area contributed by atoms with Gasteiger partial charge in [-0.3, -0.25) is 4.98 Å². The van der Waals surface area contributed by atoms with E-state index in [2.05, 4.69) is 76.5 Å². The number of allylic oxidation sites excluding steroid dienone is 2. The number of rotatable bonds is 2. The molecule has 3 aromatic carbocycles. The molecule has 0 bridgehead atoms. The Morgan fingerprint density at radius 3 is 2.67 bits per heavy atom. The quantitative estimate of drug-likeness (QED) is 0.348. The lowest BCUT2D eigenvalue weighted by Crippen LogP contribution is -2.29. The summed E-state index contributed by atoms with van der Waals surface area (Å²) in [5.41, 5.74) is 9.34. The highest BCUT2D eigenvalue weighted by Crippen LogP contribution is 2.38. The van der Waals surface area contributed by atoms with Crippen molar-refractivity contribution in [1.29, 1.82) is 0 Å². The fraction of sp³-hybridized carbons (Fsp3) is 0.0323. The van der Waals surface area contributed by atoms with E-state index in [1.165, 1.54) is 11.1 Å². The van der Waals surface area contributed by atoms with Crippen molar-refractivity contribution in [2.45, 2.75) is 0 Å². The van der Waals surface area contributed by atoms with E-state index in [0.717, 1.165) is 51.1 Å². The van der Waals surface area contributed by atoms with Crippen molar-refractivity contribution in [3.63, 3.8) is 0 Å². The van der Waals surface area contributed by atoms with Crippen LogP contribution in [0, 0.1) is 0 Å². The summed E-state index contributed by atoms with van der Waals surface area (Å²) in [6.45, 7) is 4.92. The van der Waals surface area contributed by atoms with Gasteiger partial charge in [0, 0.05) is 34.8 Å². The van der Waals surface area contributed by atoms with Crippen LogP contribution in [0.25, 0.3) is 39.4 Å². The Labute approximate surface area is 209 Å². The summed E-state index contributed by atoms with van der Waals surface area (Å²) < 4.78 is 0. The minimum atomic E-state index is 0.686. The largest absolute Gasteiger partial charge is 0.379 e. The summed E-state index contributed by atoms with van der Waals surface area (Å²) in [6.07, 6.45) is 12.2. The predicted molar refractivity (Wildman–Crippen MR) is 147 cm³/mol. The van der Waals surface area contributed by atoms with E-state index in [-0.39, 0.29) is 0 Å². The molecule has 3 aliphatic heterocycles. The number of aromatic nitrogens is 1. The van der Waals surface area contributed by atoms with Crippen LogP contribution in [0.15, 0.2) is 109 Å². The van der Waals surface area contributed by atoms with E-state index in [0.29, 0.717) is 11.5 Å². The van der Waals surface area contributed by atoms with Gasteiger partial charge in [0.1, 0.15) is 0 Å². The zero-order valence-electron chi connectivity index (χ0n) is 19.5. The van der Waals surface area contributed by atoms with Crippen molar-refractivity contribution in [2.24, 2.45) is 4.99 Å². The smallest absolute Gasteiger partial charge is 0.169 e. The second-order valence-corrected chi connectivity index (χ2v) is 8.90. The van der Waals surface area contributed by atoms with Crippen molar-refractivity contribution in [3.05, 3.63) is 121 Å².